The molecule has 0 saturated heterocycles. The molecule has 0 spiro atoms. The highest BCUT2D eigenvalue weighted by molar-refractivity contribution is 7.96. The van der Waals surface area contributed by atoms with Crippen molar-refractivity contribution < 1.29 is 34.8 Å². The first-order chi connectivity index (χ1) is 11.2. The molecule has 1 rings (SSSR count). The van der Waals surface area contributed by atoms with Gasteiger partial charge in [0.05, 0.1) is 16.4 Å². The number of anilines is 1. The molecule has 1 aromatic rings. The monoisotopic (exact) mass is 386 g/mol. The molecular formula is C14H12F6N2O2S. The van der Waals surface area contributed by atoms with E-state index in [9.17, 15) is 34.8 Å². The molecule has 0 fully saturated rings. The van der Waals surface area contributed by atoms with Crippen molar-refractivity contribution in [3.8, 4) is 6.07 Å². The maximum absolute atomic E-state index is 12.7. The molecule has 0 aromatic heterocycles. The van der Waals surface area contributed by atoms with Crippen molar-refractivity contribution in [2.45, 2.75) is 31.5 Å². The Morgan fingerprint density at radius 1 is 1.08 bits per heavy atom. The van der Waals surface area contributed by atoms with Gasteiger partial charge in [0.2, 0.25) is 0 Å². The van der Waals surface area contributed by atoms with Gasteiger partial charge in [-0.3, -0.25) is 0 Å². The van der Waals surface area contributed by atoms with E-state index in [0.29, 0.717) is 18.3 Å². The van der Waals surface area contributed by atoms with Crippen LogP contribution < -0.4 is 5.32 Å². The summed E-state index contributed by atoms with van der Waals surface area (Å²) < 4.78 is 100. The third-order valence-electron chi connectivity index (χ3n) is 2.99. The van der Waals surface area contributed by atoms with E-state index in [1.165, 1.54) is 19.9 Å². The van der Waals surface area contributed by atoms with Crippen molar-refractivity contribution in [2.24, 2.45) is 0 Å². The molecule has 0 heterocycles. The van der Waals surface area contributed by atoms with Gasteiger partial charge in [-0.05, 0) is 32.0 Å². The minimum absolute atomic E-state index is 0.0645. The number of hydrogen-bond acceptors (Lipinski definition) is 4. The lowest BCUT2D eigenvalue weighted by Crippen LogP contribution is -2.16. The molecule has 0 aliphatic carbocycles. The smallest absolute Gasteiger partial charge is 0.360 e. The third kappa shape index (κ3) is 5.12. The van der Waals surface area contributed by atoms with Gasteiger partial charge in [-0.1, -0.05) is 0 Å². The summed E-state index contributed by atoms with van der Waals surface area (Å²) in [6.07, 6.45) is -9.52. The van der Waals surface area contributed by atoms with Gasteiger partial charge in [-0.2, -0.15) is 31.6 Å². The minimum atomic E-state index is -5.04. The SMILES string of the molecule is CC(C)S(=O)(=O)/C(C#N)=C/Nc1cc(C(F)(F)F)cc(C(F)(F)F)c1. The molecule has 0 atom stereocenters. The second-order valence-electron chi connectivity index (χ2n) is 5.15. The highest BCUT2D eigenvalue weighted by Crippen LogP contribution is 2.37. The molecule has 1 N–H and O–H groups in total. The Morgan fingerprint density at radius 2 is 1.52 bits per heavy atom. The molecule has 1 aromatic carbocycles. The highest BCUT2D eigenvalue weighted by atomic mass is 32.2. The molecule has 0 unspecified atom stereocenters. The van der Waals surface area contributed by atoms with Crippen molar-refractivity contribution in [3.05, 3.63) is 40.4 Å². The standard InChI is InChI=1S/C14H12F6N2O2S/c1-8(2)25(23,24)12(6-21)7-22-11-4-9(13(15,16)17)3-10(5-11)14(18,19)20/h3-5,7-8,22H,1-2H3/b12-7+. The summed E-state index contributed by atoms with van der Waals surface area (Å²) in [5.41, 5.74) is -3.79. The summed E-state index contributed by atoms with van der Waals surface area (Å²) in [7, 11) is -4.04. The molecule has 0 saturated carbocycles. The van der Waals surface area contributed by atoms with Gasteiger partial charge < -0.3 is 5.32 Å². The number of allylic oxidation sites excluding steroid dienone is 1. The van der Waals surface area contributed by atoms with E-state index in [-0.39, 0.29) is 6.07 Å². The molecule has 138 valence electrons. The summed E-state index contributed by atoms with van der Waals surface area (Å²) in [5.74, 6) is 0. The second-order valence-corrected chi connectivity index (χ2v) is 7.63. The first-order valence-corrected chi connectivity index (χ1v) is 8.14. The lowest BCUT2D eigenvalue weighted by atomic mass is 10.1. The highest BCUT2D eigenvalue weighted by Gasteiger charge is 2.37. The fourth-order valence-electron chi connectivity index (χ4n) is 1.62. The fourth-order valence-corrected chi connectivity index (χ4v) is 2.48. The van der Waals surface area contributed by atoms with Crippen LogP contribution in [-0.4, -0.2) is 13.7 Å². The van der Waals surface area contributed by atoms with Crippen LogP contribution in [0.1, 0.15) is 25.0 Å². The second kappa shape index (κ2) is 6.95. The fraction of sp³-hybridized carbons (Fsp3) is 0.357. The van der Waals surface area contributed by atoms with Crippen LogP contribution in [0.25, 0.3) is 0 Å². The van der Waals surface area contributed by atoms with E-state index < -0.39 is 49.2 Å². The summed E-state index contributed by atoms with van der Waals surface area (Å²) in [4.78, 5) is -0.812. The number of hydrogen-bond donors (Lipinski definition) is 1. The number of nitrogens with zero attached hydrogens (tertiary/aromatic N) is 1. The van der Waals surface area contributed by atoms with Crippen LogP contribution in [0, 0.1) is 11.3 Å². The predicted octanol–water partition coefficient (Wildman–Crippen LogP) is 4.32. The Hall–Kier alpha value is -2.22. The number of halogens is 6. The lowest BCUT2D eigenvalue weighted by molar-refractivity contribution is -0.143. The quantitative estimate of drug-likeness (QED) is 0.618. The van der Waals surface area contributed by atoms with Crippen LogP contribution in [0.4, 0.5) is 32.0 Å². The van der Waals surface area contributed by atoms with E-state index in [1.807, 2.05) is 5.32 Å². The third-order valence-corrected chi connectivity index (χ3v) is 5.06. The number of rotatable bonds is 4. The summed E-state index contributed by atoms with van der Waals surface area (Å²) in [6.45, 7) is 2.54. The predicted molar refractivity (Wildman–Crippen MR) is 77.8 cm³/mol. The van der Waals surface area contributed by atoms with Crippen LogP contribution in [0.3, 0.4) is 0 Å². The van der Waals surface area contributed by atoms with E-state index in [1.54, 1.807) is 0 Å². The molecule has 0 radical (unpaired) electrons. The minimum Gasteiger partial charge on any atom is -0.360 e. The van der Waals surface area contributed by atoms with Crippen molar-refractivity contribution in [3.63, 3.8) is 0 Å². The van der Waals surface area contributed by atoms with E-state index in [2.05, 4.69) is 0 Å². The van der Waals surface area contributed by atoms with Gasteiger partial charge in [0.15, 0.2) is 14.7 Å². The van der Waals surface area contributed by atoms with Gasteiger partial charge in [-0.15, -0.1) is 0 Å². The van der Waals surface area contributed by atoms with Crippen LogP contribution >= 0.6 is 0 Å². The zero-order chi connectivity index (χ0) is 19.6. The Bertz CT molecular complexity index is 785. The number of sulfone groups is 1. The van der Waals surface area contributed by atoms with Gasteiger partial charge in [0.1, 0.15) is 6.07 Å². The van der Waals surface area contributed by atoms with Crippen LogP contribution in [0.2, 0.25) is 0 Å². The normalized spacial score (nSPS) is 13.7. The zero-order valence-corrected chi connectivity index (χ0v) is 13.6. The Kier molecular flexibility index (Phi) is 5.79. The van der Waals surface area contributed by atoms with Crippen LogP contribution in [0.5, 0.6) is 0 Å². The van der Waals surface area contributed by atoms with Gasteiger partial charge in [0.25, 0.3) is 0 Å². The topological polar surface area (TPSA) is 70.0 Å². The number of alkyl halides is 6. The van der Waals surface area contributed by atoms with E-state index in [4.69, 9.17) is 5.26 Å². The largest absolute Gasteiger partial charge is 0.416 e. The molecule has 11 heteroatoms. The first kappa shape index (κ1) is 20.8. The van der Waals surface area contributed by atoms with Gasteiger partial charge >= 0.3 is 12.4 Å². The molecule has 0 aliphatic rings. The Labute approximate surface area is 139 Å². The molecule has 0 bridgehead atoms. The van der Waals surface area contributed by atoms with Crippen molar-refractivity contribution in [1.82, 2.24) is 0 Å². The summed E-state index contributed by atoms with van der Waals surface area (Å²) >= 11 is 0. The number of benzene rings is 1. The first-order valence-electron chi connectivity index (χ1n) is 6.59. The molecule has 0 aliphatic heterocycles. The zero-order valence-electron chi connectivity index (χ0n) is 12.8. The Morgan fingerprint density at radius 3 is 1.84 bits per heavy atom. The summed E-state index contributed by atoms with van der Waals surface area (Å²) in [6, 6.07) is 2.04. The summed E-state index contributed by atoms with van der Waals surface area (Å²) in [5, 5.41) is 9.88. The maximum Gasteiger partial charge on any atom is 0.416 e. The Balaban J connectivity index is 3.39. The van der Waals surface area contributed by atoms with Gasteiger partial charge in [-0.25, -0.2) is 8.42 Å². The molecular weight excluding hydrogens is 374 g/mol. The molecule has 25 heavy (non-hydrogen) atoms. The number of nitriles is 1. The molecule has 0 amide bonds. The average molecular weight is 386 g/mol. The maximum atomic E-state index is 12.7. The van der Waals surface area contributed by atoms with Gasteiger partial charge in [0, 0.05) is 11.9 Å². The van der Waals surface area contributed by atoms with Crippen LogP contribution in [0.15, 0.2) is 29.3 Å². The van der Waals surface area contributed by atoms with E-state index in [0.717, 1.165) is 0 Å². The van der Waals surface area contributed by atoms with Crippen molar-refractivity contribution in [1.29, 1.82) is 5.26 Å². The average Bonchev–Trinajstić information content (AvgIpc) is 2.45. The molecule has 4 nitrogen and oxygen atoms in total. The number of nitrogens with one attached hydrogen (secondary N) is 1. The van der Waals surface area contributed by atoms with Crippen molar-refractivity contribution in [2.75, 3.05) is 5.32 Å². The van der Waals surface area contributed by atoms with Crippen LogP contribution in [-0.2, 0) is 22.2 Å². The van der Waals surface area contributed by atoms with Crippen molar-refractivity contribution >= 4 is 15.5 Å². The van der Waals surface area contributed by atoms with E-state index >= 15 is 0 Å². The lowest BCUT2D eigenvalue weighted by Gasteiger charge is -2.14.